The van der Waals surface area contributed by atoms with Gasteiger partial charge in [0.2, 0.25) is 0 Å². The van der Waals surface area contributed by atoms with Crippen LogP contribution in [0.5, 0.6) is 5.75 Å². The number of amides is 1. The first kappa shape index (κ1) is 12.9. The Morgan fingerprint density at radius 2 is 2.00 bits per heavy atom. The molecule has 1 heterocycles. The van der Waals surface area contributed by atoms with Crippen molar-refractivity contribution in [2.24, 2.45) is 7.05 Å². The smallest absolute Gasteiger partial charge is 0.325 e. The number of rotatable bonds is 3. The Morgan fingerprint density at radius 1 is 1.32 bits per heavy atom. The van der Waals surface area contributed by atoms with Crippen molar-refractivity contribution >= 4 is 22.8 Å². The van der Waals surface area contributed by atoms with Gasteiger partial charge in [-0.2, -0.15) is 0 Å². The van der Waals surface area contributed by atoms with Crippen molar-refractivity contribution in [1.82, 2.24) is 9.88 Å². The van der Waals surface area contributed by atoms with Crippen molar-refractivity contribution in [3.05, 3.63) is 30.0 Å². The number of hydrogen-bond donors (Lipinski definition) is 3. The molecule has 1 aromatic heterocycles. The van der Waals surface area contributed by atoms with Crippen molar-refractivity contribution in [3.8, 4) is 5.75 Å². The Balaban J connectivity index is 2.37. The monoisotopic (exact) mass is 262 g/mol. The lowest BCUT2D eigenvalue weighted by Gasteiger charge is -2.09. The van der Waals surface area contributed by atoms with Gasteiger partial charge >= 0.3 is 5.97 Å². The molecular formula is C13H14N2O4. The van der Waals surface area contributed by atoms with Crippen LogP contribution in [0.3, 0.4) is 0 Å². The molecule has 1 amide bonds. The summed E-state index contributed by atoms with van der Waals surface area (Å²) in [5.74, 6) is -1.45. The van der Waals surface area contributed by atoms with Gasteiger partial charge in [-0.05, 0) is 25.1 Å². The molecule has 0 radical (unpaired) electrons. The molecule has 2 aromatic rings. The topological polar surface area (TPSA) is 91.6 Å². The van der Waals surface area contributed by atoms with Crippen LogP contribution in [-0.2, 0) is 11.8 Å². The highest BCUT2D eigenvalue weighted by atomic mass is 16.4. The average Bonchev–Trinajstić information content (AvgIpc) is 2.66. The number of aliphatic carboxylic acids is 1. The van der Waals surface area contributed by atoms with Gasteiger partial charge in [-0.25, -0.2) is 0 Å². The van der Waals surface area contributed by atoms with E-state index in [1.54, 1.807) is 29.8 Å². The number of carboxylic acid groups (broad SMARTS) is 1. The van der Waals surface area contributed by atoms with E-state index in [1.165, 1.54) is 13.0 Å². The molecule has 0 spiro atoms. The van der Waals surface area contributed by atoms with E-state index in [2.05, 4.69) is 5.32 Å². The van der Waals surface area contributed by atoms with Crippen LogP contribution < -0.4 is 5.32 Å². The quantitative estimate of drug-likeness (QED) is 0.772. The Bertz CT molecular complexity index is 660. The third kappa shape index (κ3) is 2.37. The number of carbonyl (C=O) groups excluding carboxylic acids is 1. The van der Waals surface area contributed by atoms with Gasteiger partial charge in [0.1, 0.15) is 17.5 Å². The first-order chi connectivity index (χ1) is 8.90. The number of nitrogens with zero attached hydrogens (tertiary/aromatic N) is 1. The predicted octanol–water partition coefficient (Wildman–Crippen LogP) is 1.09. The molecule has 3 N–H and O–H groups in total. The molecule has 0 aliphatic rings. The van der Waals surface area contributed by atoms with Gasteiger partial charge < -0.3 is 20.1 Å². The highest BCUT2D eigenvalue weighted by Gasteiger charge is 2.18. The first-order valence-electron chi connectivity index (χ1n) is 5.72. The van der Waals surface area contributed by atoms with Crippen molar-refractivity contribution in [3.63, 3.8) is 0 Å². The molecule has 0 saturated carbocycles. The summed E-state index contributed by atoms with van der Waals surface area (Å²) in [7, 11) is 1.68. The lowest BCUT2D eigenvalue weighted by Crippen LogP contribution is -2.39. The molecule has 0 bridgehead atoms. The molecule has 1 atom stereocenters. The Kier molecular flexibility index (Phi) is 3.16. The highest BCUT2D eigenvalue weighted by molar-refractivity contribution is 6.00. The molecular weight excluding hydrogens is 248 g/mol. The number of aryl methyl sites for hydroxylation is 1. The van der Waals surface area contributed by atoms with Crippen LogP contribution in [0.25, 0.3) is 10.9 Å². The number of nitrogens with one attached hydrogen (secondary N) is 1. The molecule has 19 heavy (non-hydrogen) atoms. The maximum Gasteiger partial charge on any atom is 0.325 e. The molecule has 6 nitrogen and oxygen atoms in total. The Morgan fingerprint density at radius 3 is 2.63 bits per heavy atom. The summed E-state index contributed by atoms with van der Waals surface area (Å²) < 4.78 is 1.61. The number of fused-ring (bicyclic) bond motifs is 1. The van der Waals surface area contributed by atoms with Gasteiger partial charge in [0, 0.05) is 18.5 Å². The van der Waals surface area contributed by atoms with Gasteiger partial charge in [0.25, 0.3) is 5.91 Å². The number of carbonyl (C=O) groups is 2. The molecule has 6 heteroatoms. The molecule has 2 rings (SSSR count). The summed E-state index contributed by atoms with van der Waals surface area (Å²) >= 11 is 0. The molecule has 0 fully saturated rings. The average molecular weight is 262 g/mol. The van der Waals surface area contributed by atoms with Crippen LogP contribution in [-0.4, -0.2) is 32.7 Å². The number of benzene rings is 1. The van der Waals surface area contributed by atoms with E-state index in [-0.39, 0.29) is 5.75 Å². The van der Waals surface area contributed by atoms with Crippen molar-refractivity contribution in [2.45, 2.75) is 13.0 Å². The summed E-state index contributed by atoms with van der Waals surface area (Å²) in [6, 6.07) is 5.47. The number of phenols is 1. The molecule has 1 aromatic carbocycles. The van der Waals surface area contributed by atoms with Crippen LogP contribution in [0.1, 0.15) is 17.4 Å². The zero-order valence-electron chi connectivity index (χ0n) is 10.5. The van der Waals surface area contributed by atoms with Crippen LogP contribution in [0.2, 0.25) is 0 Å². The summed E-state index contributed by atoms with van der Waals surface area (Å²) in [6.07, 6.45) is 0. The van der Waals surface area contributed by atoms with E-state index in [0.29, 0.717) is 11.2 Å². The van der Waals surface area contributed by atoms with Gasteiger partial charge in [-0.1, -0.05) is 0 Å². The molecule has 100 valence electrons. The van der Waals surface area contributed by atoms with E-state index >= 15 is 0 Å². The van der Waals surface area contributed by atoms with E-state index in [0.717, 1.165) is 5.39 Å². The molecule has 0 aliphatic carbocycles. The standard InChI is InChI=1S/C13H14N2O4/c1-7(13(18)19)14-12(17)11-5-8-3-4-9(16)6-10(8)15(11)2/h3-7,16H,1-2H3,(H,14,17)(H,18,19)/t7-/m0/s1. The van der Waals surface area contributed by atoms with Crippen LogP contribution in [0, 0.1) is 0 Å². The minimum absolute atomic E-state index is 0.111. The Hall–Kier alpha value is -2.50. The van der Waals surface area contributed by atoms with Crippen LogP contribution in [0.4, 0.5) is 0 Å². The number of aromatic hydroxyl groups is 1. The SMILES string of the molecule is C[C@H](NC(=O)c1cc2ccc(O)cc2n1C)C(=O)O. The predicted molar refractivity (Wildman–Crippen MR) is 69.1 cm³/mol. The lowest BCUT2D eigenvalue weighted by atomic mass is 10.2. The third-order valence-corrected chi connectivity index (χ3v) is 2.98. The maximum atomic E-state index is 12.0. The van der Waals surface area contributed by atoms with Crippen molar-refractivity contribution in [1.29, 1.82) is 0 Å². The second-order valence-electron chi connectivity index (χ2n) is 4.37. The third-order valence-electron chi connectivity index (χ3n) is 2.98. The fourth-order valence-corrected chi connectivity index (χ4v) is 1.87. The zero-order valence-corrected chi connectivity index (χ0v) is 10.5. The molecule has 0 aliphatic heterocycles. The van der Waals surface area contributed by atoms with E-state index in [1.807, 2.05) is 0 Å². The number of phenolic OH excluding ortho intramolecular Hbond substituents is 1. The number of carboxylic acids is 1. The first-order valence-corrected chi connectivity index (χ1v) is 5.72. The summed E-state index contributed by atoms with van der Waals surface area (Å²) in [5.41, 5.74) is 1.04. The van der Waals surface area contributed by atoms with E-state index in [9.17, 15) is 14.7 Å². The minimum Gasteiger partial charge on any atom is -0.508 e. The van der Waals surface area contributed by atoms with Gasteiger partial charge in [0.15, 0.2) is 0 Å². The normalized spacial score (nSPS) is 12.3. The summed E-state index contributed by atoms with van der Waals surface area (Å²) in [6.45, 7) is 1.40. The Labute approximate surface area is 109 Å². The largest absolute Gasteiger partial charge is 0.508 e. The molecule has 0 unspecified atom stereocenters. The van der Waals surface area contributed by atoms with Crippen molar-refractivity contribution < 1.29 is 19.8 Å². The second-order valence-corrected chi connectivity index (χ2v) is 4.37. The van der Waals surface area contributed by atoms with Gasteiger partial charge in [-0.15, -0.1) is 0 Å². The van der Waals surface area contributed by atoms with Gasteiger partial charge in [-0.3, -0.25) is 9.59 Å². The second kappa shape index (κ2) is 4.64. The molecule has 0 saturated heterocycles. The van der Waals surface area contributed by atoms with E-state index in [4.69, 9.17) is 5.11 Å². The number of aromatic nitrogens is 1. The minimum atomic E-state index is -1.09. The lowest BCUT2D eigenvalue weighted by molar-refractivity contribution is -0.138. The summed E-state index contributed by atoms with van der Waals surface area (Å²) in [4.78, 5) is 22.7. The zero-order chi connectivity index (χ0) is 14.2. The van der Waals surface area contributed by atoms with Crippen LogP contribution >= 0.6 is 0 Å². The van der Waals surface area contributed by atoms with Crippen molar-refractivity contribution in [2.75, 3.05) is 0 Å². The summed E-state index contributed by atoms with van der Waals surface area (Å²) in [5, 5.41) is 21.4. The van der Waals surface area contributed by atoms with Crippen LogP contribution in [0.15, 0.2) is 24.3 Å². The van der Waals surface area contributed by atoms with Gasteiger partial charge in [0.05, 0.1) is 5.52 Å². The van der Waals surface area contributed by atoms with E-state index < -0.39 is 17.9 Å². The highest BCUT2D eigenvalue weighted by Crippen LogP contribution is 2.23. The fourth-order valence-electron chi connectivity index (χ4n) is 1.87. The number of hydrogen-bond acceptors (Lipinski definition) is 3. The fraction of sp³-hybridized carbons (Fsp3) is 0.231. The maximum absolute atomic E-state index is 12.0.